The number of carbonyl (C=O) groups excluding carboxylic acids is 2. The number of carboxylic acids is 1. The molecule has 0 spiro atoms. The Labute approximate surface area is 153 Å². The van der Waals surface area contributed by atoms with Crippen molar-refractivity contribution < 1.29 is 19.5 Å². The average molecular weight is 358 g/mol. The first-order valence-corrected chi connectivity index (χ1v) is 9.49. The molecule has 2 atom stereocenters. The first-order chi connectivity index (χ1) is 12.5. The Kier molecular flexibility index (Phi) is 5.91. The first-order valence-electron chi connectivity index (χ1n) is 9.49. The highest BCUT2D eigenvalue weighted by Crippen LogP contribution is 2.24. The maximum absolute atomic E-state index is 12.5. The molecule has 6 nitrogen and oxygen atoms in total. The van der Waals surface area contributed by atoms with E-state index in [1.165, 1.54) is 0 Å². The minimum absolute atomic E-state index is 0.120. The van der Waals surface area contributed by atoms with Crippen LogP contribution in [0.25, 0.3) is 0 Å². The molecule has 2 unspecified atom stereocenters. The number of hydrogen-bond donors (Lipinski definition) is 3. The Hall–Kier alpha value is -2.37. The van der Waals surface area contributed by atoms with Crippen LogP contribution in [-0.4, -0.2) is 35.0 Å². The summed E-state index contributed by atoms with van der Waals surface area (Å²) in [4.78, 5) is 36.1. The molecule has 0 heterocycles. The van der Waals surface area contributed by atoms with Gasteiger partial charge in [-0.15, -0.1) is 0 Å². The molecule has 1 aromatic rings. The van der Waals surface area contributed by atoms with E-state index in [0.29, 0.717) is 24.0 Å². The van der Waals surface area contributed by atoms with Gasteiger partial charge >= 0.3 is 5.97 Å². The molecule has 2 aliphatic carbocycles. The second kappa shape index (κ2) is 8.34. The van der Waals surface area contributed by atoms with Crippen molar-refractivity contribution in [3.05, 3.63) is 35.4 Å². The third-order valence-electron chi connectivity index (χ3n) is 5.22. The molecule has 26 heavy (non-hydrogen) atoms. The van der Waals surface area contributed by atoms with Crippen LogP contribution < -0.4 is 10.6 Å². The van der Waals surface area contributed by atoms with Crippen LogP contribution in [0.3, 0.4) is 0 Å². The molecule has 0 aromatic heterocycles. The topological polar surface area (TPSA) is 95.5 Å². The summed E-state index contributed by atoms with van der Waals surface area (Å²) in [5, 5.41) is 15.3. The fourth-order valence-corrected chi connectivity index (χ4v) is 3.47. The third kappa shape index (κ3) is 4.84. The van der Waals surface area contributed by atoms with Gasteiger partial charge in [0.2, 0.25) is 0 Å². The highest BCUT2D eigenvalue weighted by molar-refractivity contribution is 5.98. The number of nitrogens with one attached hydrogen (secondary N) is 2. The van der Waals surface area contributed by atoms with Gasteiger partial charge < -0.3 is 15.7 Å². The maximum atomic E-state index is 12.5. The van der Waals surface area contributed by atoms with E-state index in [1.54, 1.807) is 24.3 Å². The summed E-state index contributed by atoms with van der Waals surface area (Å²) < 4.78 is 0. The van der Waals surface area contributed by atoms with Crippen molar-refractivity contribution in [3.8, 4) is 0 Å². The molecular formula is C20H26N2O4. The minimum atomic E-state index is -0.843. The van der Waals surface area contributed by atoms with Gasteiger partial charge in [-0.05, 0) is 49.9 Å². The normalized spacial score (nSPS) is 23.4. The van der Waals surface area contributed by atoms with Crippen LogP contribution in [0.2, 0.25) is 0 Å². The van der Waals surface area contributed by atoms with Crippen LogP contribution in [0.15, 0.2) is 24.3 Å². The van der Waals surface area contributed by atoms with Crippen molar-refractivity contribution in [2.75, 3.05) is 0 Å². The van der Waals surface area contributed by atoms with E-state index in [0.717, 1.165) is 38.5 Å². The van der Waals surface area contributed by atoms with Crippen LogP contribution in [-0.2, 0) is 4.79 Å². The zero-order valence-corrected chi connectivity index (χ0v) is 14.9. The zero-order valence-electron chi connectivity index (χ0n) is 14.9. The lowest BCUT2D eigenvalue weighted by atomic mass is 9.86. The van der Waals surface area contributed by atoms with Crippen molar-refractivity contribution in [2.45, 2.75) is 63.5 Å². The summed E-state index contributed by atoms with van der Waals surface area (Å²) in [5.74, 6) is -1.78. The fraction of sp³-hybridized carbons (Fsp3) is 0.550. The van der Waals surface area contributed by atoms with Gasteiger partial charge in [0.25, 0.3) is 11.8 Å². The molecule has 2 fully saturated rings. The summed E-state index contributed by atoms with van der Waals surface area (Å²) in [5.41, 5.74) is 0.974. The Morgan fingerprint density at radius 1 is 0.769 bits per heavy atom. The van der Waals surface area contributed by atoms with E-state index in [1.807, 2.05) is 0 Å². The van der Waals surface area contributed by atoms with Crippen LogP contribution in [0, 0.1) is 5.92 Å². The van der Waals surface area contributed by atoms with Gasteiger partial charge in [-0.2, -0.15) is 0 Å². The minimum Gasteiger partial charge on any atom is -0.481 e. The Bertz CT molecular complexity index is 667. The monoisotopic (exact) mass is 358 g/mol. The summed E-state index contributed by atoms with van der Waals surface area (Å²) in [6, 6.07) is 6.46. The number of amides is 2. The Morgan fingerprint density at radius 3 is 1.85 bits per heavy atom. The molecule has 140 valence electrons. The number of carboxylic acid groups (broad SMARTS) is 1. The molecule has 1 aromatic carbocycles. The van der Waals surface area contributed by atoms with Gasteiger partial charge in [-0.25, -0.2) is 0 Å². The molecule has 2 aliphatic rings. The largest absolute Gasteiger partial charge is 0.481 e. The predicted octanol–water partition coefficient (Wildman–Crippen LogP) is 2.73. The number of aliphatic carboxylic acids is 1. The number of rotatable bonds is 5. The van der Waals surface area contributed by atoms with Crippen LogP contribution in [0.1, 0.15) is 72.1 Å². The van der Waals surface area contributed by atoms with Crippen molar-refractivity contribution >= 4 is 17.8 Å². The van der Waals surface area contributed by atoms with E-state index in [-0.39, 0.29) is 23.9 Å². The highest BCUT2D eigenvalue weighted by Gasteiger charge is 2.30. The number of hydrogen-bond acceptors (Lipinski definition) is 3. The van der Waals surface area contributed by atoms with Gasteiger partial charge in [0.15, 0.2) is 0 Å². The summed E-state index contributed by atoms with van der Waals surface area (Å²) >= 11 is 0. The van der Waals surface area contributed by atoms with E-state index >= 15 is 0 Å². The molecule has 3 rings (SSSR count). The van der Waals surface area contributed by atoms with Gasteiger partial charge in [0.05, 0.1) is 5.92 Å². The number of benzene rings is 1. The number of carbonyl (C=O) groups is 3. The Morgan fingerprint density at radius 2 is 1.31 bits per heavy atom. The predicted molar refractivity (Wildman–Crippen MR) is 97.0 cm³/mol. The van der Waals surface area contributed by atoms with Gasteiger partial charge in [0, 0.05) is 23.2 Å². The molecular weight excluding hydrogens is 332 g/mol. The maximum Gasteiger partial charge on any atom is 0.308 e. The Balaban J connectivity index is 1.63. The summed E-state index contributed by atoms with van der Waals surface area (Å²) in [6.45, 7) is 0. The smallest absolute Gasteiger partial charge is 0.308 e. The molecule has 0 bridgehead atoms. The zero-order chi connectivity index (χ0) is 18.5. The van der Waals surface area contributed by atoms with E-state index in [4.69, 9.17) is 0 Å². The fourth-order valence-electron chi connectivity index (χ4n) is 3.47. The molecule has 2 amide bonds. The summed E-state index contributed by atoms with van der Waals surface area (Å²) in [7, 11) is 0. The lowest BCUT2D eigenvalue weighted by molar-refractivity contribution is -0.143. The standard InChI is InChI=1S/C20H26N2O4/c23-18(21-15-11-12-15)13-7-9-14(10-8-13)19(24)22-17-6-4-2-1-3-5-16(17)20(25)26/h7-10,15-17H,1-6,11-12H2,(H,21,23)(H,22,24)(H,25,26). The second-order valence-corrected chi connectivity index (χ2v) is 7.34. The highest BCUT2D eigenvalue weighted by atomic mass is 16.4. The third-order valence-corrected chi connectivity index (χ3v) is 5.22. The van der Waals surface area contributed by atoms with Crippen molar-refractivity contribution in [3.63, 3.8) is 0 Å². The molecule has 0 saturated heterocycles. The van der Waals surface area contributed by atoms with Crippen LogP contribution >= 0.6 is 0 Å². The average Bonchev–Trinajstić information content (AvgIpc) is 3.41. The van der Waals surface area contributed by atoms with Crippen molar-refractivity contribution in [1.29, 1.82) is 0 Å². The quantitative estimate of drug-likeness (QED) is 0.754. The molecule has 0 radical (unpaired) electrons. The lowest BCUT2D eigenvalue weighted by Gasteiger charge is -2.27. The van der Waals surface area contributed by atoms with Gasteiger partial charge in [-0.3, -0.25) is 14.4 Å². The van der Waals surface area contributed by atoms with Crippen LogP contribution in [0.4, 0.5) is 0 Å². The SMILES string of the molecule is O=C(NC1CC1)c1ccc(C(=O)NC2CCCCCCC2C(=O)O)cc1. The van der Waals surface area contributed by atoms with E-state index in [9.17, 15) is 19.5 Å². The van der Waals surface area contributed by atoms with Gasteiger partial charge in [-0.1, -0.05) is 25.7 Å². The second-order valence-electron chi connectivity index (χ2n) is 7.34. The van der Waals surface area contributed by atoms with Crippen molar-refractivity contribution in [2.24, 2.45) is 5.92 Å². The molecule has 2 saturated carbocycles. The first kappa shape index (κ1) is 18.4. The lowest BCUT2D eigenvalue weighted by Crippen LogP contribution is -2.43. The van der Waals surface area contributed by atoms with E-state index in [2.05, 4.69) is 10.6 Å². The molecule has 3 N–H and O–H groups in total. The molecule has 6 heteroatoms. The van der Waals surface area contributed by atoms with Crippen molar-refractivity contribution in [1.82, 2.24) is 10.6 Å². The van der Waals surface area contributed by atoms with Gasteiger partial charge in [0.1, 0.15) is 0 Å². The summed E-state index contributed by atoms with van der Waals surface area (Å²) in [6.07, 6.45) is 7.27. The van der Waals surface area contributed by atoms with E-state index < -0.39 is 11.9 Å². The molecule has 0 aliphatic heterocycles. The van der Waals surface area contributed by atoms with Crippen LogP contribution in [0.5, 0.6) is 0 Å².